The summed E-state index contributed by atoms with van der Waals surface area (Å²) < 4.78 is 13.5. The lowest BCUT2D eigenvalue weighted by atomic mass is 10.1. The van der Waals surface area contributed by atoms with Gasteiger partial charge >= 0.3 is 0 Å². The Morgan fingerprint density at radius 2 is 2.29 bits per heavy atom. The van der Waals surface area contributed by atoms with E-state index < -0.39 is 11.7 Å². The molecular weight excluding hydrogens is 221 g/mol. The van der Waals surface area contributed by atoms with Gasteiger partial charge in [-0.05, 0) is 25.1 Å². The van der Waals surface area contributed by atoms with Crippen LogP contribution >= 0.6 is 0 Å². The van der Waals surface area contributed by atoms with Crippen molar-refractivity contribution in [1.29, 1.82) is 5.26 Å². The lowest BCUT2D eigenvalue weighted by Crippen LogP contribution is -2.35. The molecule has 1 amide bonds. The van der Waals surface area contributed by atoms with Crippen LogP contribution < -0.4 is 5.73 Å². The van der Waals surface area contributed by atoms with Gasteiger partial charge < -0.3 is 10.6 Å². The Hall–Kier alpha value is -2.09. The molecule has 1 atom stereocenters. The smallest absolute Gasteiger partial charge is 0.256 e. The van der Waals surface area contributed by atoms with Crippen molar-refractivity contribution in [2.45, 2.75) is 19.4 Å². The van der Waals surface area contributed by atoms with Crippen molar-refractivity contribution in [2.75, 3.05) is 12.8 Å². The maximum atomic E-state index is 13.5. The summed E-state index contributed by atoms with van der Waals surface area (Å²) in [4.78, 5) is 13.3. The van der Waals surface area contributed by atoms with Crippen molar-refractivity contribution >= 4 is 11.6 Å². The van der Waals surface area contributed by atoms with E-state index in [-0.39, 0.29) is 23.7 Å². The second kappa shape index (κ2) is 5.30. The highest BCUT2D eigenvalue weighted by Crippen LogP contribution is 2.15. The Labute approximate surface area is 99.4 Å². The van der Waals surface area contributed by atoms with Gasteiger partial charge in [0.05, 0.1) is 18.1 Å². The molecule has 1 aromatic carbocycles. The van der Waals surface area contributed by atoms with Gasteiger partial charge in [-0.1, -0.05) is 0 Å². The molecule has 1 aromatic rings. The standard InChI is InChI=1S/C12H14FN3O/c1-8(5-6-14)16(2)12(17)10-4-3-9(15)7-11(10)13/h3-4,7-8H,5,15H2,1-2H3. The number of nitrogen functional groups attached to an aromatic ring is 1. The zero-order valence-electron chi connectivity index (χ0n) is 9.77. The largest absolute Gasteiger partial charge is 0.399 e. The molecule has 90 valence electrons. The topological polar surface area (TPSA) is 70.1 Å². The minimum atomic E-state index is -0.647. The van der Waals surface area contributed by atoms with Crippen molar-refractivity contribution in [1.82, 2.24) is 4.90 Å². The first-order valence-electron chi connectivity index (χ1n) is 5.16. The molecule has 2 N–H and O–H groups in total. The van der Waals surface area contributed by atoms with Crippen molar-refractivity contribution in [3.8, 4) is 6.07 Å². The van der Waals surface area contributed by atoms with Gasteiger partial charge in [0.2, 0.25) is 0 Å². The predicted molar refractivity (Wildman–Crippen MR) is 62.6 cm³/mol. The fraction of sp³-hybridized carbons (Fsp3) is 0.333. The molecule has 0 aliphatic heterocycles. The molecule has 1 unspecified atom stereocenters. The van der Waals surface area contributed by atoms with Gasteiger partial charge in [0.25, 0.3) is 5.91 Å². The molecule has 17 heavy (non-hydrogen) atoms. The van der Waals surface area contributed by atoms with E-state index in [1.807, 2.05) is 6.07 Å². The molecule has 4 nitrogen and oxygen atoms in total. The SMILES string of the molecule is CC(CC#N)N(C)C(=O)c1ccc(N)cc1F. The molecule has 1 rings (SSSR count). The number of hydrogen-bond donors (Lipinski definition) is 1. The lowest BCUT2D eigenvalue weighted by molar-refractivity contribution is 0.0741. The summed E-state index contributed by atoms with van der Waals surface area (Å²) >= 11 is 0. The molecule has 0 saturated heterocycles. The number of amides is 1. The number of anilines is 1. The maximum Gasteiger partial charge on any atom is 0.256 e. The number of rotatable bonds is 3. The molecule has 0 aliphatic rings. The highest BCUT2D eigenvalue weighted by molar-refractivity contribution is 5.94. The van der Waals surface area contributed by atoms with Gasteiger partial charge in [-0.15, -0.1) is 0 Å². The summed E-state index contributed by atoms with van der Waals surface area (Å²) in [6.07, 6.45) is 0.207. The van der Waals surface area contributed by atoms with Gasteiger partial charge in [-0.2, -0.15) is 5.26 Å². The number of nitrogens with two attached hydrogens (primary N) is 1. The van der Waals surface area contributed by atoms with E-state index in [1.54, 1.807) is 14.0 Å². The van der Waals surface area contributed by atoms with Crippen LogP contribution in [-0.2, 0) is 0 Å². The second-order valence-corrected chi connectivity index (χ2v) is 3.87. The molecular formula is C12H14FN3O. The van der Waals surface area contributed by atoms with Crippen LogP contribution in [-0.4, -0.2) is 23.9 Å². The first-order valence-corrected chi connectivity index (χ1v) is 5.16. The van der Waals surface area contributed by atoms with Gasteiger partial charge in [-0.3, -0.25) is 4.79 Å². The summed E-state index contributed by atoms with van der Waals surface area (Å²) in [6.45, 7) is 1.73. The van der Waals surface area contributed by atoms with Crippen LogP contribution in [0, 0.1) is 17.1 Å². The second-order valence-electron chi connectivity index (χ2n) is 3.87. The molecule has 0 fully saturated rings. The van der Waals surface area contributed by atoms with Gasteiger partial charge in [0.15, 0.2) is 0 Å². The normalized spacial score (nSPS) is 11.6. The molecule has 0 saturated carbocycles. The molecule has 0 aromatic heterocycles. The van der Waals surface area contributed by atoms with Gasteiger partial charge in [-0.25, -0.2) is 4.39 Å². The number of carbonyl (C=O) groups excluding carboxylic acids is 1. The van der Waals surface area contributed by atoms with Crippen LogP contribution in [0.15, 0.2) is 18.2 Å². The third-order valence-electron chi connectivity index (χ3n) is 2.59. The summed E-state index contributed by atoms with van der Waals surface area (Å²) in [5, 5.41) is 8.55. The zero-order valence-corrected chi connectivity index (χ0v) is 9.77. The monoisotopic (exact) mass is 235 g/mol. The van der Waals surface area contributed by atoms with E-state index in [9.17, 15) is 9.18 Å². The predicted octanol–water partition coefficient (Wildman–Crippen LogP) is 1.78. The quantitative estimate of drug-likeness (QED) is 0.812. The first-order chi connectivity index (χ1) is 7.97. The van der Waals surface area contributed by atoms with E-state index >= 15 is 0 Å². The van der Waals surface area contributed by atoms with Crippen LogP contribution in [0.2, 0.25) is 0 Å². The summed E-state index contributed by atoms with van der Waals surface area (Å²) in [7, 11) is 1.54. The highest BCUT2D eigenvalue weighted by atomic mass is 19.1. The van der Waals surface area contributed by atoms with Crippen molar-refractivity contribution < 1.29 is 9.18 Å². The zero-order chi connectivity index (χ0) is 13.0. The first kappa shape index (κ1) is 13.0. The number of halogens is 1. The Morgan fingerprint density at radius 1 is 1.65 bits per heavy atom. The van der Waals surface area contributed by atoms with Crippen molar-refractivity contribution in [3.05, 3.63) is 29.6 Å². The number of nitrogens with zero attached hydrogens (tertiary/aromatic N) is 2. The average Bonchev–Trinajstić information content (AvgIpc) is 2.27. The van der Waals surface area contributed by atoms with Crippen LogP contribution in [0.25, 0.3) is 0 Å². The van der Waals surface area contributed by atoms with E-state index in [4.69, 9.17) is 11.0 Å². The number of carbonyl (C=O) groups is 1. The van der Waals surface area contributed by atoms with E-state index in [0.29, 0.717) is 0 Å². The lowest BCUT2D eigenvalue weighted by Gasteiger charge is -2.23. The Bertz CT molecular complexity index is 467. The van der Waals surface area contributed by atoms with E-state index in [1.165, 1.54) is 17.0 Å². The summed E-state index contributed by atoms with van der Waals surface area (Å²) in [5.74, 6) is -1.10. The fourth-order valence-electron chi connectivity index (χ4n) is 1.36. The summed E-state index contributed by atoms with van der Waals surface area (Å²) in [6, 6.07) is 5.64. The third kappa shape index (κ3) is 2.94. The number of nitriles is 1. The third-order valence-corrected chi connectivity index (χ3v) is 2.59. The molecule has 0 spiro atoms. The van der Waals surface area contributed by atoms with Gasteiger partial charge in [0.1, 0.15) is 5.82 Å². The van der Waals surface area contributed by atoms with Crippen molar-refractivity contribution in [2.24, 2.45) is 0 Å². The molecule has 0 bridgehead atoms. The molecule has 0 aliphatic carbocycles. The van der Waals surface area contributed by atoms with E-state index in [0.717, 1.165) is 6.07 Å². The van der Waals surface area contributed by atoms with Crippen LogP contribution in [0.3, 0.4) is 0 Å². The van der Waals surface area contributed by atoms with E-state index in [2.05, 4.69) is 0 Å². The fourth-order valence-corrected chi connectivity index (χ4v) is 1.36. The number of hydrogen-bond acceptors (Lipinski definition) is 3. The Morgan fingerprint density at radius 3 is 2.82 bits per heavy atom. The van der Waals surface area contributed by atoms with Crippen LogP contribution in [0.1, 0.15) is 23.7 Å². The molecule has 0 heterocycles. The minimum absolute atomic E-state index is 0.0357. The van der Waals surface area contributed by atoms with Gasteiger partial charge in [0, 0.05) is 18.8 Å². The summed E-state index contributed by atoms with van der Waals surface area (Å²) in [5.41, 5.74) is 5.64. The minimum Gasteiger partial charge on any atom is -0.399 e. The number of benzene rings is 1. The Kier molecular flexibility index (Phi) is 4.05. The van der Waals surface area contributed by atoms with Crippen LogP contribution in [0.4, 0.5) is 10.1 Å². The Balaban J connectivity index is 2.93. The average molecular weight is 235 g/mol. The maximum absolute atomic E-state index is 13.5. The van der Waals surface area contributed by atoms with Crippen LogP contribution in [0.5, 0.6) is 0 Å². The molecule has 0 radical (unpaired) electrons. The van der Waals surface area contributed by atoms with Crippen molar-refractivity contribution in [3.63, 3.8) is 0 Å². The molecule has 5 heteroatoms. The highest BCUT2D eigenvalue weighted by Gasteiger charge is 2.20.